The van der Waals surface area contributed by atoms with E-state index in [2.05, 4.69) is 10.3 Å². The van der Waals surface area contributed by atoms with Crippen molar-refractivity contribution in [2.75, 3.05) is 5.32 Å². The minimum absolute atomic E-state index is 0.0552. The largest absolute Gasteiger partial charge is 0.423 e. The highest BCUT2D eigenvalue weighted by atomic mass is 19.4. The fourth-order valence-electron chi connectivity index (χ4n) is 2.88. The Labute approximate surface area is 164 Å². The smallest absolute Gasteiger partial charge is 0.328 e. The summed E-state index contributed by atoms with van der Waals surface area (Å²) >= 11 is 0. The van der Waals surface area contributed by atoms with Crippen LogP contribution in [0.1, 0.15) is 5.56 Å². The van der Waals surface area contributed by atoms with E-state index >= 15 is 0 Å². The van der Waals surface area contributed by atoms with Crippen molar-refractivity contribution < 1.29 is 22.9 Å². The summed E-state index contributed by atoms with van der Waals surface area (Å²) in [6.07, 6.45) is -3.72. The van der Waals surface area contributed by atoms with Gasteiger partial charge in [0.15, 0.2) is 11.2 Å². The minimum atomic E-state index is -5.03. The number of nitro benzene ring substituents is 1. The Hall–Kier alpha value is -3.97. The zero-order chi connectivity index (χ0) is 22.4. The van der Waals surface area contributed by atoms with Gasteiger partial charge in [-0.1, -0.05) is 0 Å². The van der Waals surface area contributed by atoms with E-state index < -0.39 is 46.1 Å². The third-order valence-electron chi connectivity index (χ3n) is 4.29. The molecule has 0 radical (unpaired) electrons. The molecule has 11 nitrogen and oxygen atoms in total. The number of rotatable bonds is 4. The van der Waals surface area contributed by atoms with Crippen LogP contribution in [0.15, 0.2) is 34.1 Å². The van der Waals surface area contributed by atoms with Crippen LogP contribution in [0.2, 0.25) is 0 Å². The summed E-state index contributed by atoms with van der Waals surface area (Å²) in [4.78, 5) is 50.8. The molecule has 0 saturated heterocycles. The van der Waals surface area contributed by atoms with Crippen LogP contribution in [0, 0.1) is 10.1 Å². The quantitative estimate of drug-likeness (QED) is 0.489. The van der Waals surface area contributed by atoms with Crippen LogP contribution in [0.3, 0.4) is 0 Å². The van der Waals surface area contributed by atoms with Crippen molar-refractivity contribution in [1.82, 2.24) is 18.7 Å². The Morgan fingerprint density at radius 1 is 1.27 bits per heavy atom. The number of anilines is 1. The molecule has 2 heterocycles. The molecule has 1 amide bonds. The molecule has 0 aliphatic heterocycles. The number of imidazole rings is 1. The maximum Gasteiger partial charge on any atom is 0.423 e. The van der Waals surface area contributed by atoms with E-state index in [1.165, 1.54) is 25.0 Å². The van der Waals surface area contributed by atoms with Gasteiger partial charge in [0.2, 0.25) is 5.91 Å². The van der Waals surface area contributed by atoms with Gasteiger partial charge in [0, 0.05) is 25.8 Å². The van der Waals surface area contributed by atoms with Crippen LogP contribution < -0.4 is 16.6 Å². The topological polar surface area (TPSA) is 134 Å². The monoisotopic (exact) mass is 426 g/mol. The van der Waals surface area contributed by atoms with Gasteiger partial charge >= 0.3 is 11.9 Å². The second-order valence-electron chi connectivity index (χ2n) is 6.30. The Morgan fingerprint density at radius 2 is 1.93 bits per heavy atom. The van der Waals surface area contributed by atoms with Crippen LogP contribution in [-0.2, 0) is 31.6 Å². The standard InChI is InChI=1S/C16H13F3N6O5/c1-22-7-20-13-12(22)14(27)24(15(28)23(13)2)6-11(26)21-8-3-4-10(25(29)30)9(5-8)16(17,18)19/h3-5,7H,6H2,1-2H3,(H,21,26). The van der Waals surface area contributed by atoms with E-state index in [1.54, 1.807) is 0 Å². The predicted molar refractivity (Wildman–Crippen MR) is 96.9 cm³/mol. The SMILES string of the molecule is Cn1cnc2c1c(=O)n(CC(=O)Nc1ccc([N+](=O)[O-])c(C(F)(F)F)c1)c(=O)n2C. The molecule has 3 aromatic rings. The first-order chi connectivity index (χ1) is 13.9. The molecule has 0 aliphatic rings. The van der Waals surface area contributed by atoms with E-state index in [1.807, 2.05) is 0 Å². The number of nitrogens with one attached hydrogen (secondary N) is 1. The molecule has 1 aromatic carbocycles. The number of aryl methyl sites for hydroxylation is 2. The van der Waals surface area contributed by atoms with Crippen LogP contribution in [0.4, 0.5) is 24.5 Å². The van der Waals surface area contributed by atoms with Crippen LogP contribution >= 0.6 is 0 Å². The molecule has 158 valence electrons. The maximum absolute atomic E-state index is 13.1. The number of nitro groups is 1. The predicted octanol–water partition coefficient (Wildman–Crippen LogP) is 0.999. The molecule has 30 heavy (non-hydrogen) atoms. The van der Waals surface area contributed by atoms with E-state index in [0.29, 0.717) is 16.7 Å². The molecule has 0 saturated carbocycles. The number of amides is 1. The van der Waals surface area contributed by atoms with Gasteiger partial charge in [-0.15, -0.1) is 0 Å². The average Bonchev–Trinajstić information content (AvgIpc) is 3.04. The third-order valence-corrected chi connectivity index (χ3v) is 4.29. The summed E-state index contributed by atoms with van der Waals surface area (Å²) < 4.78 is 42.2. The van der Waals surface area contributed by atoms with Crippen LogP contribution in [0.25, 0.3) is 11.2 Å². The van der Waals surface area contributed by atoms with Gasteiger partial charge in [0.1, 0.15) is 12.1 Å². The number of carbonyl (C=O) groups excluding carboxylic acids is 1. The number of nitrogens with zero attached hydrogens (tertiary/aromatic N) is 5. The molecule has 0 unspecified atom stereocenters. The third kappa shape index (κ3) is 3.54. The van der Waals surface area contributed by atoms with Gasteiger partial charge in [-0.25, -0.2) is 14.3 Å². The van der Waals surface area contributed by atoms with E-state index in [0.717, 1.165) is 10.6 Å². The molecule has 0 spiro atoms. The first-order valence-electron chi connectivity index (χ1n) is 8.18. The van der Waals surface area contributed by atoms with Crippen molar-refractivity contribution in [3.8, 4) is 0 Å². The highest BCUT2D eigenvalue weighted by molar-refractivity contribution is 5.91. The van der Waals surface area contributed by atoms with Crippen LogP contribution in [-0.4, -0.2) is 29.5 Å². The second kappa shape index (κ2) is 7.13. The molecule has 0 aliphatic carbocycles. The first kappa shape index (κ1) is 20.8. The van der Waals surface area contributed by atoms with Gasteiger partial charge < -0.3 is 9.88 Å². The number of aromatic nitrogens is 4. The van der Waals surface area contributed by atoms with Crippen molar-refractivity contribution in [3.63, 3.8) is 0 Å². The molecule has 0 fully saturated rings. The van der Waals surface area contributed by atoms with Crippen molar-refractivity contribution in [2.45, 2.75) is 12.7 Å². The summed E-state index contributed by atoms with van der Waals surface area (Å²) in [5.74, 6) is -0.974. The number of hydrogen-bond acceptors (Lipinski definition) is 6. The molecule has 0 atom stereocenters. The summed E-state index contributed by atoms with van der Waals surface area (Å²) in [6, 6.07) is 1.92. The van der Waals surface area contributed by atoms with Gasteiger partial charge in [0.25, 0.3) is 11.2 Å². The Bertz CT molecular complexity index is 1300. The first-order valence-corrected chi connectivity index (χ1v) is 8.18. The number of fused-ring (bicyclic) bond motifs is 1. The van der Waals surface area contributed by atoms with Crippen molar-refractivity contribution in [3.05, 3.63) is 61.0 Å². The van der Waals surface area contributed by atoms with Crippen molar-refractivity contribution >= 4 is 28.4 Å². The highest BCUT2D eigenvalue weighted by Gasteiger charge is 2.38. The summed E-state index contributed by atoms with van der Waals surface area (Å²) in [6.45, 7) is -0.787. The summed E-state index contributed by atoms with van der Waals surface area (Å²) in [5.41, 5.74) is -4.59. The Kier molecular flexibility index (Phi) is 4.93. The molecule has 2 aromatic heterocycles. The Balaban J connectivity index is 1.96. The normalized spacial score (nSPS) is 11.6. The zero-order valence-electron chi connectivity index (χ0n) is 15.4. The fourth-order valence-corrected chi connectivity index (χ4v) is 2.88. The average molecular weight is 426 g/mol. The molecular formula is C16H13F3N6O5. The van der Waals surface area contributed by atoms with E-state index in [9.17, 15) is 37.7 Å². The highest BCUT2D eigenvalue weighted by Crippen LogP contribution is 2.37. The number of hydrogen-bond donors (Lipinski definition) is 1. The summed E-state index contributed by atoms with van der Waals surface area (Å²) in [5, 5.41) is 12.9. The lowest BCUT2D eigenvalue weighted by atomic mass is 10.1. The fraction of sp³-hybridized carbons (Fsp3) is 0.250. The van der Waals surface area contributed by atoms with Gasteiger partial charge in [-0.3, -0.25) is 24.3 Å². The van der Waals surface area contributed by atoms with Crippen LogP contribution in [0.5, 0.6) is 0 Å². The van der Waals surface area contributed by atoms with Gasteiger partial charge in [0.05, 0.1) is 11.3 Å². The zero-order valence-corrected chi connectivity index (χ0v) is 15.4. The van der Waals surface area contributed by atoms with E-state index in [4.69, 9.17) is 0 Å². The molecule has 14 heteroatoms. The number of carbonyl (C=O) groups is 1. The molecular weight excluding hydrogens is 413 g/mol. The lowest BCUT2D eigenvalue weighted by molar-refractivity contribution is -0.388. The number of halogens is 3. The molecule has 0 bridgehead atoms. The lowest BCUT2D eigenvalue weighted by Gasteiger charge is -2.12. The number of alkyl halides is 3. The van der Waals surface area contributed by atoms with Gasteiger partial charge in [-0.2, -0.15) is 13.2 Å². The van der Waals surface area contributed by atoms with Crippen molar-refractivity contribution in [1.29, 1.82) is 0 Å². The molecule has 3 rings (SSSR count). The second-order valence-corrected chi connectivity index (χ2v) is 6.30. The summed E-state index contributed by atoms with van der Waals surface area (Å²) in [7, 11) is 2.86. The Morgan fingerprint density at radius 3 is 2.53 bits per heavy atom. The lowest BCUT2D eigenvalue weighted by Crippen LogP contribution is -2.42. The van der Waals surface area contributed by atoms with Gasteiger partial charge in [-0.05, 0) is 12.1 Å². The molecule has 1 N–H and O–H groups in total. The van der Waals surface area contributed by atoms with Crippen molar-refractivity contribution in [2.24, 2.45) is 14.1 Å². The maximum atomic E-state index is 13.1. The minimum Gasteiger partial charge on any atom is -0.328 e. The van der Waals surface area contributed by atoms with E-state index in [-0.39, 0.29) is 16.9 Å². The number of benzene rings is 1.